The third kappa shape index (κ3) is 2.59. The number of hydrogen-bond acceptors (Lipinski definition) is 2. The van der Waals surface area contributed by atoms with Gasteiger partial charge in [-0.25, -0.2) is 0 Å². The number of benzene rings is 1. The lowest BCUT2D eigenvalue weighted by molar-refractivity contribution is 0.640. The first-order chi connectivity index (χ1) is 7.65. The number of rotatable bonds is 4. The highest BCUT2D eigenvalue weighted by Gasteiger charge is 2.44. The summed E-state index contributed by atoms with van der Waals surface area (Å²) >= 11 is 1.76. The molecule has 0 saturated heterocycles. The zero-order valence-corrected chi connectivity index (χ0v) is 10.7. The van der Waals surface area contributed by atoms with Gasteiger partial charge < -0.3 is 0 Å². The predicted octanol–water partition coefficient (Wildman–Crippen LogP) is 4.03. The van der Waals surface area contributed by atoms with E-state index in [2.05, 4.69) is 44.2 Å². The average Bonchev–Trinajstić information content (AvgIpc) is 3.01. The number of thioether (sulfide) groups is 1. The smallest absolute Gasteiger partial charge is 0.107 e. The van der Waals surface area contributed by atoms with Gasteiger partial charge in [0.15, 0.2) is 0 Å². The Morgan fingerprint density at radius 2 is 2.06 bits per heavy atom. The second-order valence-electron chi connectivity index (χ2n) is 4.91. The topological polar surface area (TPSA) is 23.8 Å². The van der Waals surface area contributed by atoms with Gasteiger partial charge in [0.2, 0.25) is 0 Å². The highest BCUT2D eigenvalue weighted by molar-refractivity contribution is 8.01. The summed E-state index contributed by atoms with van der Waals surface area (Å²) in [5.74, 6) is 0.666. The number of hydrogen-bond donors (Lipinski definition) is 0. The van der Waals surface area contributed by atoms with Crippen molar-refractivity contribution in [3.63, 3.8) is 0 Å². The van der Waals surface area contributed by atoms with Crippen LogP contribution in [0.3, 0.4) is 0 Å². The van der Waals surface area contributed by atoms with Crippen LogP contribution in [0.25, 0.3) is 0 Å². The lowest BCUT2D eigenvalue weighted by Crippen LogP contribution is -2.01. The summed E-state index contributed by atoms with van der Waals surface area (Å²) in [5, 5.41) is 9.12. The van der Waals surface area contributed by atoms with Gasteiger partial charge in [-0.05, 0) is 36.8 Å². The van der Waals surface area contributed by atoms with Crippen molar-refractivity contribution < 1.29 is 0 Å². The van der Waals surface area contributed by atoms with Crippen molar-refractivity contribution in [2.24, 2.45) is 5.92 Å². The lowest BCUT2D eigenvalue weighted by Gasteiger charge is -2.12. The summed E-state index contributed by atoms with van der Waals surface area (Å²) in [7, 11) is 0. The van der Waals surface area contributed by atoms with E-state index in [0.29, 0.717) is 5.92 Å². The molecule has 1 aromatic carbocycles. The molecule has 0 aliphatic heterocycles. The number of nitriles is 1. The van der Waals surface area contributed by atoms with Gasteiger partial charge in [-0.1, -0.05) is 32.0 Å². The van der Waals surface area contributed by atoms with Crippen LogP contribution in [-0.2, 0) is 6.42 Å². The molecule has 1 aliphatic carbocycles. The van der Waals surface area contributed by atoms with Crippen LogP contribution in [0, 0.1) is 17.2 Å². The summed E-state index contributed by atoms with van der Waals surface area (Å²) in [5.41, 5.74) is 1.39. The van der Waals surface area contributed by atoms with Crippen molar-refractivity contribution in [1.82, 2.24) is 0 Å². The van der Waals surface area contributed by atoms with Gasteiger partial charge in [0.25, 0.3) is 0 Å². The minimum absolute atomic E-state index is 0.104. The summed E-state index contributed by atoms with van der Waals surface area (Å²) in [6.45, 7) is 4.47. The van der Waals surface area contributed by atoms with E-state index < -0.39 is 0 Å². The highest BCUT2D eigenvalue weighted by Crippen LogP contribution is 2.51. The van der Waals surface area contributed by atoms with Crippen LogP contribution in [0.5, 0.6) is 0 Å². The molecule has 1 nitrogen and oxygen atoms in total. The Bertz CT molecular complexity index is 413. The molecule has 84 valence electrons. The molecule has 0 radical (unpaired) electrons. The van der Waals surface area contributed by atoms with Crippen molar-refractivity contribution in [2.75, 3.05) is 0 Å². The molecule has 1 saturated carbocycles. The third-order valence-electron chi connectivity index (χ3n) is 2.81. The molecule has 0 unspecified atom stereocenters. The molecule has 0 spiro atoms. The normalized spacial score (nSPS) is 17.1. The van der Waals surface area contributed by atoms with E-state index >= 15 is 0 Å². The fraction of sp³-hybridized carbons (Fsp3) is 0.500. The van der Waals surface area contributed by atoms with Crippen molar-refractivity contribution >= 4 is 11.8 Å². The molecule has 2 heteroatoms. The van der Waals surface area contributed by atoms with Gasteiger partial charge in [-0.3, -0.25) is 0 Å². The maximum atomic E-state index is 9.12. The van der Waals surface area contributed by atoms with Crippen molar-refractivity contribution in [3.8, 4) is 6.07 Å². The molecule has 0 aromatic heterocycles. The average molecular weight is 231 g/mol. The second kappa shape index (κ2) is 4.51. The van der Waals surface area contributed by atoms with Crippen LogP contribution < -0.4 is 0 Å². The molecular weight excluding hydrogens is 214 g/mol. The summed E-state index contributed by atoms with van der Waals surface area (Å²) in [6, 6.07) is 10.9. The molecule has 0 bridgehead atoms. The van der Waals surface area contributed by atoms with E-state index in [4.69, 9.17) is 5.26 Å². The fourth-order valence-corrected chi connectivity index (χ4v) is 2.97. The molecular formula is C14H17NS. The largest absolute Gasteiger partial charge is 0.197 e. The monoisotopic (exact) mass is 231 g/mol. The molecule has 1 aliphatic rings. The Morgan fingerprint density at radius 1 is 1.38 bits per heavy atom. The molecule has 2 rings (SSSR count). The van der Waals surface area contributed by atoms with E-state index in [9.17, 15) is 0 Å². The predicted molar refractivity (Wildman–Crippen MR) is 68.4 cm³/mol. The Balaban J connectivity index is 2.17. The zero-order chi connectivity index (χ0) is 11.6. The molecule has 1 fully saturated rings. The number of nitrogens with zero attached hydrogens (tertiary/aromatic N) is 1. The van der Waals surface area contributed by atoms with Crippen LogP contribution >= 0.6 is 11.8 Å². The molecule has 0 heterocycles. The molecule has 1 aromatic rings. The summed E-state index contributed by atoms with van der Waals surface area (Å²) < 4.78 is -0.104. The maximum absolute atomic E-state index is 9.12. The Kier molecular flexibility index (Phi) is 3.25. The standard InChI is InChI=1S/C14H17NS/c1-11(2)9-12-5-3-4-6-13(12)16-14(10-15)7-8-14/h3-6,11H,7-9H2,1-2H3. The highest BCUT2D eigenvalue weighted by atomic mass is 32.2. The van der Waals surface area contributed by atoms with E-state index in [0.717, 1.165) is 19.3 Å². The zero-order valence-electron chi connectivity index (χ0n) is 9.86. The first-order valence-corrected chi connectivity index (χ1v) is 6.65. The minimum Gasteiger partial charge on any atom is -0.197 e. The fourth-order valence-electron chi connectivity index (χ4n) is 1.77. The molecule has 0 atom stereocenters. The quantitative estimate of drug-likeness (QED) is 0.781. The van der Waals surface area contributed by atoms with E-state index in [1.807, 2.05) is 0 Å². The van der Waals surface area contributed by atoms with E-state index in [-0.39, 0.29) is 4.75 Å². The Morgan fingerprint density at radius 3 is 2.62 bits per heavy atom. The molecule has 0 amide bonds. The molecule has 0 N–H and O–H groups in total. The van der Waals surface area contributed by atoms with Crippen molar-refractivity contribution in [1.29, 1.82) is 5.26 Å². The van der Waals surface area contributed by atoms with Gasteiger partial charge in [0.1, 0.15) is 4.75 Å². The maximum Gasteiger partial charge on any atom is 0.107 e. The van der Waals surface area contributed by atoms with Gasteiger partial charge in [-0.15, -0.1) is 11.8 Å². The first-order valence-electron chi connectivity index (χ1n) is 5.83. The summed E-state index contributed by atoms with van der Waals surface area (Å²) in [6.07, 6.45) is 3.19. The van der Waals surface area contributed by atoms with Crippen molar-refractivity contribution in [2.45, 2.75) is 42.8 Å². The van der Waals surface area contributed by atoms with Crippen LogP contribution in [0.2, 0.25) is 0 Å². The van der Waals surface area contributed by atoms with Crippen LogP contribution in [0.4, 0.5) is 0 Å². The van der Waals surface area contributed by atoms with Crippen LogP contribution in [-0.4, -0.2) is 4.75 Å². The Hall–Kier alpha value is -0.940. The SMILES string of the molecule is CC(C)Cc1ccccc1SC1(C#N)CC1. The van der Waals surface area contributed by atoms with E-state index in [1.54, 1.807) is 11.8 Å². The minimum atomic E-state index is -0.104. The first kappa shape index (κ1) is 11.5. The van der Waals surface area contributed by atoms with Gasteiger partial charge in [0.05, 0.1) is 6.07 Å². The van der Waals surface area contributed by atoms with Crippen LogP contribution in [0.1, 0.15) is 32.3 Å². The molecule has 16 heavy (non-hydrogen) atoms. The summed E-state index contributed by atoms with van der Waals surface area (Å²) in [4.78, 5) is 1.30. The third-order valence-corrected chi connectivity index (χ3v) is 4.32. The van der Waals surface area contributed by atoms with Crippen LogP contribution in [0.15, 0.2) is 29.2 Å². The van der Waals surface area contributed by atoms with Gasteiger partial charge >= 0.3 is 0 Å². The Labute approximate surface area is 102 Å². The lowest BCUT2D eigenvalue weighted by atomic mass is 10.0. The van der Waals surface area contributed by atoms with E-state index in [1.165, 1.54) is 10.5 Å². The van der Waals surface area contributed by atoms with Crippen molar-refractivity contribution in [3.05, 3.63) is 29.8 Å². The van der Waals surface area contributed by atoms with Gasteiger partial charge in [0, 0.05) is 4.90 Å². The second-order valence-corrected chi connectivity index (χ2v) is 6.34. The van der Waals surface area contributed by atoms with Gasteiger partial charge in [-0.2, -0.15) is 5.26 Å².